The molecule has 4 atom stereocenters. The number of nitrogens with two attached hydrogens (primary N) is 2. The van der Waals surface area contributed by atoms with E-state index in [1.54, 1.807) is 0 Å². The molecule has 2 aromatic rings. The van der Waals surface area contributed by atoms with Gasteiger partial charge in [-0.3, -0.25) is 14.4 Å². The minimum absolute atomic E-state index is 0.0140. The fraction of sp³-hybridized carbons (Fsp3) is 0.458. The van der Waals surface area contributed by atoms with E-state index in [1.165, 1.54) is 36.8 Å². The molecule has 0 saturated carbocycles. The van der Waals surface area contributed by atoms with E-state index in [2.05, 4.69) is 25.9 Å². The number of unbranched alkanes of at least 4 members (excludes halogenated alkanes) is 1. The van der Waals surface area contributed by atoms with Crippen molar-refractivity contribution in [3.8, 4) is 5.75 Å². The van der Waals surface area contributed by atoms with Gasteiger partial charge in [0.1, 0.15) is 23.9 Å². The number of rotatable bonds is 16. The molecule has 0 bridgehead atoms. The van der Waals surface area contributed by atoms with E-state index in [0.29, 0.717) is 30.6 Å². The van der Waals surface area contributed by atoms with E-state index in [1.807, 2.05) is 0 Å². The number of phenolic OH excluding ortho intramolecular Hbond substituents is 1. The molecule has 0 radical (unpaired) electrons. The summed E-state index contributed by atoms with van der Waals surface area (Å²) < 4.78 is 0. The number of benzene rings is 1. The standard InChI is InChI=1S/C24H35N7O7/c25-8-2-1-3-18(22(35)30-19(24(37)38)9-14-4-6-16(33)7-5-14)29-23(36)20(12-32)31-21(34)17(26)10-15-11-27-13-28-15/h4-7,11,13,17-20,32-33H,1-3,8-10,12,25-26H2,(H,27,28)(H,29,36)(H,30,35)(H,31,34)(H,37,38). The maximum absolute atomic E-state index is 13.0. The van der Waals surface area contributed by atoms with Gasteiger partial charge in [-0.15, -0.1) is 0 Å². The SMILES string of the molecule is NCCCCC(NC(=O)C(CO)NC(=O)C(N)Cc1cnc[nH]1)C(=O)NC(Cc1ccc(O)cc1)C(=O)O. The number of H-pyrrole nitrogens is 1. The highest BCUT2D eigenvalue weighted by atomic mass is 16.4. The van der Waals surface area contributed by atoms with E-state index < -0.39 is 54.5 Å². The molecule has 4 unspecified atom stereocenters. The predicted molar refractivity (Wildman–Crippen MR) is 135 cm³/mol. The molecular weight excluding hydrogens is 498 g/mol. The molecule has 0 aliphatic rings. The smallest absolute Gasteiger partial charge is 0.326 e. The largest absolute Gasteiger partial charge is 0.508 e. The zero-order valence-electron chi connectivity index (χ0n) is 20.8. The van der Waals surface area contributed by atoms with Crippen LogP contribution in [-0.2, 0) is 32.0 Å². The Morgan fingerprint density at radius 3 is 2.13 bits per heavy atom. The highest BCUT2D eigenvalue weighted by Crippen LogP contribution is 2.12. The van der Waals surface area contributed by atoms with Gasteiger partial charge in [-0.25, -0.2) is 9.78 Å². The van der Waals surface area contributed by atoms with Crippen LogP contribution in [0.25, 0.3) is 0 Å². The first kappa shape index (κ1) is 30.2. The van der Waals surface area contributed by atoms with Gasteiger partial charge in [-0.2, -0.15) is 0 Å². The van der Waals surface area contributed by atoms with Crippen molar-refractivity contribution in [1.82, 2.24) is 25.9 Å². The first-order chi connectivity index (χ1) is 18.1. The summed E-state index contributed by atoms with van der Waals surface area (Å²) in [5.74, 6) is -3.56. The highest BCUT2D eigenvalue weighted by molar-refractivity contribution is 5.94. The molecule has 0 fully saturated rings. The summed E-state index contributed by atoms with van der Waals surface area (Å²) in [6, 6.07) is 0.971. The number of aliphatic hydroxyl groups is 1. The summed E-state index contributed by atoms with van der Waals surface area (Å²) in [6.45, 7) is -0.408. The third-order valence-electron chi connectivity index (χ3n) is 5.72. The lowest BCUT2D eigenvalue weighted by atomic mass is 10.0. The van der Waals surface area contributed by atoms with Gasteiger partial charge >= 0.3 is 5.97 Å². The van der Waals surface area contributed by atoms with Crippen LogP contribution in [0.5, 0.6) is 5.75 Å². The summed E-state index contributed by atoms with van der Waals surface area (Å²) in [4.78, 5) is 56.8. The van der Waals surface area contributed by atoms with Crippen LogP contribution in [0, 0.1) is 0 Å². The van der Waals surface area contributed by atoms with Crippen molar-refractivity contribution < 1.29 is 34.5 Å². The maximum atomic E-state index is 13.0. The number of carbonyl (C=O) groups is 4. The first-order valence-corrected chi connectivity index (χ1v) is 12.1. The van der Waals surface area contributed by atoms with E-state index >= 15 is 0 Å². The van der Waals surface area contributed by atoms with Crippen molar-refractivity contribution in [2.24, 2.45) is 11.5 Å². The van der Waals surface area contributed by atoms with E-state index in [4.69, 9.17) is 11.5 Å². The van der Waals surface area contributed by atoms with Gasteiger partial charge in [0.15, 0.2) is 0 Å². The number of carbonyl (C=O) groups excluding carboxylic acids is 3. The molecule has 1 aromatic carbocycles. The molecule has 0 aliphatic heterocycles. The van der Waals surface area contributed by atoms with Gasteiger partial charge in [0.25, 0.3) is 0 Å². The maximum Gasteiger partial charge on any atom is 0.326 e. The van der Waals surface area contributed by atoms with Crippen LogP contribution in [0.4, 0.5) is 0 Å². The van der Waals surface area contributed by atoms with Gasteiger partial charge in [-0.05, 0) is 43.5 Å². The normalized spacial score (nSPS) is 14.1. The monoisotopic (exact) mass is 533 g/mol. The molecule has 0 aliphatic carbocycles. The third kappa shape index (κ3) is 9.80. The Bertz CT molecular complexity index is 1050. The van der Waals surface area contributed by atoms with Crippen LogP contribution in [0.2, 0.25) is 0 Å². The minimum atomic E-state index is -1.40. The van der Waals surface area contributed by atoms with E-state index in [-0.39, 0.29) is 25.0 Å². The predicted octanol–water partition coefficient (Wildman–Crippen LogP) is -2.11. The lowest BCUT2D eigenvalue weighted by Crippen LogP contribution is -2.58. The number of hydrogen-bond acceptors (Lipinski definition) is 9. The molecular formula is C24H35N7O7. The summed E-state index contributed by atoms with van der Waals surface area (Å²) in [5, 5.41) is 36.0. The number of carboxylic acids is 1. The number of carboxylic acid groups (broad SMARTS) is 1. The second-order valence-electron chi connectivity index (χ2n) is 8.75. The van der Waals surface area contributed by atoms with Crippen molar-refractivity contribution in [3.05, 3.63) is 48.0 Å². The number of hydrogen-bond donors (Lipinski definition) is 9. The van der Waals surface area contributed by atoms with Gasteiger partial charge in [0.2, 0.25) is 17.7 Å². The van der Waals surface area contributed by atoms with Crippen LogP contribution in [0.3, 0.4) is 0 Å². The lowest BCUT2D eigenvalue weighted by Gasteiger charge is -2.24. The number of phenols is 1. The second kappa shape index (κ2) is 15.3. The summed E-state index contributed by atoms with van der Waals surface area (Å²) in [6.07, 6.45) is 4.14. The number of amides is 3. The molecule has 14 nitrogen and oxygen atoms in total. The Morgan fingerprint density at radius 1 is 0.921 bits per heavy atom. The minimum Gasteiger partial charge on any atom is -0.508 e. The van der Waals surface area contributed by atoms with E-state index in [9.17, 15) is 34.5 Å². The Balaban J connectivity index is 2.05. The van der Waals surface area contributed by atoms with Crippen LogP contribution < -0.4 is 27.4 Å². The molecule has 2 rings (SSSR count). The van der Waals surface area contributed by atoms with Crippen molar-refractivity contribution >= 4 is 23.7 Å². The topological polar surface area (TPSA) is 246 Å². The fourth-order valence-electron chi connectivity index (χ4n) is 3.57. The zero-order chi connectivity index (χ0) is 28.1. The van der Waals surface area contributed by atoms with Crippen molar-refractivity contribution in [2.75, 3.05) is 13.2 Å². The number of aliphatic carboxylic acids is 1. The molecule has 14 heteroatoms. The van der Waals surface area contributed by atoms with Crippen LogP contribution >= 0.6 is 0 Å². The van der Waals surface area contributed by atoms with Gasteiger partial charge < -0.3 is 47.7 Å². The first-order valence-electron chi connectivity index (χ1n) is 12.1. The number of aromatic nitrogens is 2. The van der Waals surface area contributed by atoms with Gasteiger partial charge in [-0.1, -0.05) is 12.1 Å². The Kier molecular flexibility index (Phi) is 12.2. The number of aromatic amines is 1. The number of aliphatic hydroxyl groups excluding tert-OH is 1. The Morgan fingerprint density at radius 2 is 1.55 bits per heavy atom. The van der Waals surface area contributed by atoms with E-state index in [0.717, 1.165) is 0 Å². The van der Waals surface area contributed by atoms with Gasteiger partial charge in [0.05, 0.1) is 19.0 Å². The molecule has 1 heterocycles. The number of aromatic hydroxyl groups is 1. The molecule has 1 aromatic heterocycles. The lowest BCUT2D eigenvalue weighted by molar-refractivity contribution is -0.142. The van der Waals surface area contributed by atoms with Crippen molar-refractivity contribution in [1.29, 1.82) is 0 Å². The molecule has 11 N–H and O–H groups in total. The second-order valence-corrected chi connectivity index (χ2v) is 8.75. The Hall–Kier alpha value is -4.01. The molecule has 38 heavy (non-hydrogen) atoms. The summed E-state index contributed by atoms with van der Waals surface area (Å²) >= 11 is 0. The molecule has 3 amide bonds. The summed E-state index contributed by atoms with van der Waals surface area (Å²) in [7, 11) is 0. The molecule has 208 valence electrons. The summed E-state index contributed by atoms with van der Waals surface area (Å²) in [5.41, 5.74) is 12.6. The quantitative estimate of drug-likeness (QED) is 0.106. The van der Waals surface area contributed by atoms with Crippen molar-refractivity contribution in [2.45, 2.75) is 56.3 Å². The number of imidazole rings is 1. The number of nitrogens with one attached hydrogen (secondary N) is 4. The van der Waals surface area contributed by atoms with Crippen molar-refractivity contribution in [3.63, 3.8) is 0 Å². The van der Waals surface area contributed by atoms with Gasteiger partial charge in [0, 0.05) is 24.7 Å². The number of nitrogens with zero attached hydrogens (tertiary/aromatic N) is 1. The average molecular weight is 534 g/mol. The van der Waals surface area contributed by atoms with Crippen LogP contribution in [0.15, 0.2) is 36.8 Å². The van der Waals surface area contributed by atoms with Crippen LogP contribution in [0.1, 0.15) is 30.5 Å². The fourth-order valence-corrected chi connectivity index (χ4v) is 3.57. The average Bonchev–Trinajstić information content (AvgIpc) is 3.40. The zero-order valence-corrected chi connectivity index (χ0v) is 20.8. The third-order valence-corrected chi connectivity index (χ3v) is 5.72. The molecule has 0 spiro atoms. The highest BCUT2D eigenvalue weighted by Gasteiger charge is 2.30. The Labute approximate surface area is 219 Å². The van der Waals surface area contributed by atoms with Crippen LogP contribution in [-0.4, -0.2) is 86.3 Å². The molecule has 0 saturated heterocycles.